The summed E-state index contributed by atoms with van der Waals surface area (Å²) in [5.74, 6) is -1.02. The van der Waals surface area contributed by atoms with Gasteiger partial charge in [-0.15, -0.1) is 0 Å². The Morgan fingerprint density at radius 3 is 2.49 bits per heavy atom. The van der Waals surface area contributed by atoms with Gasteiger partial charge in [-0.2, -0.15) is 18.4 Å². The Morgan fingerprint density at radius 2 is 1.86 bits per heavy atom. The number of ether oxygens (including phenoxy) is 1. The molecule has 0 aromatic heterocycles. The van der Waals surface area contributed by atoms with Gasteiger partial charge in [-0.3, -0.25) is 14.5 Å². The summed E-state index contributed by atoms with van der Waals surface area (Å²) in [6, 6.07) is 10.8. The first-order chi connectivity index (χ1) is 16.7. The molecule has 2 aliphatic rings. The zero-order valence-corrected chi connectivity index (χ0v) is 18.6. The van der Waals surface area contributed by atoms with Gasteiger partial charge in [-0.05, 0) is 48.7 Å². The number of hydrogen-bond donors (Lipinski definition) is 0. The van der Waals surface area contributed by atoms with E-state index in [-0.39, 0.29) is 23.5 Å². The molecule has 7 nitrogen and oxygen atoms in total. The van der Waals surface area contributed by atoms with E-state index >= 15 is 0 Å². The Kier molecular flexibility index (Phi) is 6.35. The van der Waals surface area contributed by atoms with Gasteiger partial charge in [0.05, 0.1) is 36.0 Å². The van der Waals surface area contributed by atoms with Crippen LogP contribution in [0.15, 0.2) is 59.8 Å². The Bertz CT molecular complexity index is 1260. The molecule has 1 heterocycles. The fourth-order valence-electron chi connectivity index (χ4n) is 4.44. The Balaban J connectivity index is 1.93. The average Bonchev–Trinajstić information content (AvgIpc) is 2.84. The summed E-state index contributed by atoms with van der Waals surface area (Å²) in [5.41, 5.74) is 0.404. The number of nitrogens with zero attached hydrogens (tertiary/aromatic N) is 3. The van der Waals surface area contributed by atoms with Gasteiger partial charge in [0.15, 0.2) is 5.78 Å². The maximum atomic E-state index is 13.8. The smallest absolute Gasteiger partial charge is 0.416 e. The fraction of sp³-hybridized carbons (Fsp3) is 0.280. The molecule has 2 aromatic carbocycles. The van der Waals surface area contributed by atoms with Crippen molar-refractivity contribution in [2.45, 2.75) is 31.5 Å². The van der Waals surface area contributed by atoms with Crippen LogP contribution >= 0.6 is 0 Å². The number of allylic oxidation sites excluding steroid dienone is 1. The number of amides is 2. The van der Waals surface area contributed by atoms with Crippen LogP contribution in [0.3, 0.4) is 0 Å². The summed E-state index contributed by atoms with van der Waals surface area (Å²) < 4.78 is 45.0. The van der Waals surface area contributed by atoms with Crippen molar-refractivity contribution in [3.8, 4) is 6.07 Å². The van der Waals surface area contributed by atoms with Gasteiger partial charge in [-0.25, -0.2) is 4.79 Å². The molecule has 1 aliphatic heterocycles. The van der Waals surface area contributed by atoms with Crippen LogP contribution in [0.4, 0.5) is 23.7 Å². The number of hydrogen-bond acceptors (Lipinski definition) is 5. The highest BCUT2D eigenvalue weighted by Crippen LogP contribution is 2.44. The topological polar surface area (TPSA) is 90.7 Å². The SMILES string of the molecule is COC(=O)CN1C(=O)N(c2cccc(C(F)(F)F)c2)C2=C(C(=O)CCC2)C1c1ccc(C#N)cc1. The first-order valence-electron chi connectivity index (χ1n) is 10.8. The highest BCUT2D eigenvalue weighted by molar-refractivity contribution is 6.07. The lowest BCUT2D eigenvalue weighted by Crippen LogP contribution is -2.53. The molecule has 0 N–H and O–H groups in total. The highest BCUT2D eigenvalue weighted by atomic mass is 19.4. The second kappa shape index (κ2) is 9.25. The summed E-state index contributed by atoms with van der Waals surface area (Å²) >= 11 is 0. The largest absolute Gasteiger partial charge is 0.468 e. The van der Waals surface area contributed by atoms with Crippen LogP contribution < -0.4 is 4.90 Å². The van der Waals surface area contributed by atoms with Crippen molar-refractivity contribution in [3.63, 3.8) is 0 Å². The molecule has 0 saturated heterocycles. The number of esters is 1. The summed E-state index contributed by atoms with van der Waals surface area (Å²) in [6.07, 6.45) is -3.72. The van der Waals surface area contributed by atoms with E-state index in [9.17, 15) is 27.6 Å². The van der Waals surface area contributed by atoms with Gasteiger partial charge in [0, 0.05) is 17.7 Å². The van der Waals surface area contributed by atoms with Gasteiger partial charge in [-0.1, -0.05) is 18.2 Å². The lowest BCUT2D eigenvalue weighted by Gasteiger charge is -2.45. The summed E-state index contributed by atoms with van der Waals surface area (Å²) in [5, 5.41) is 9.13. The molecule has 0 spiro atoms. The van der Waals surface area contributed by atoms with Crippen molar-refractivity contribution in [1.29, 1.82) is 5.26 Å². The summed E-state index contributed by atoms with van der Waals surface area (Å²) in [6.45, 7) is -0.528. The average molecular weight is 483 g/mol. The van der Waals surface area contributed by atoms with E-state index in [1.807, 2.05) is 6.07 Å². The van der Waals surface area contributed by atoms with Gasteiger partial charge < -0.3 is 9.64 Å². The van der Waals surface area contributed by atoms with E-state index in [4.69, 9.17) is 10.00 Å². The van der Waals surface area contributed by atoms with Crippen LogP contribution in [-0.2, 0) is 20.5 Å². The van der Waals surface area contributed by atoms with E-state index in [1.165, 1.54) is 24.3 Å². The molecule has 0 bridgehead atoms. The summed E-state index contributed by atoms with van der Waals surface area (Å²) in [7, 11) is 1.15. The third-order valence-electron chi connectivity index (χ3n) is 6.04. The van der Waals surface area contributed by atoms with E-state index in [2.05, 4.69) is 0 Å². The van der Waals surface area contributed by atoms with Crippen LogP contribution in [0.25, 0.3) is 0 Å². The molecular formula is C25H20F3N3O4. The monoisotopic (exact) mass is 483 g/mol. The molecule has 0 radical (unpaired) electrons. The molecule has 2 amide bonds. The minimum atomic E-state index is -4.63. The van der Waals surface area contributed by atoms with Crippen molar-refractivity contribution in [3.05, 3.63) is 76.5 Å². The van der Waals surface area contributed by atoms with E-state index in [0.29, 0.717) is 29.7 Å². The summed E-state index contributed by atoms with van der Waals surface area (Å²) in [4.78, 5) is 41.4. The number of methoxy groups -OCH3 is 1. The third kappa shape index (κ3) is 4.49. The second-order valence-corrected chi connectivity index (χ2v) is 8.14. The number of anilines is 1. The number of halogens is 3. The number of Topliss-reactive ketones (excluding diaryl/α,β-unsaturated/α-hetero) is 1. The molecule has 35 heavy (non-hydrogen) atoms. The quantitative estimate of drug-likeness (QED) is 0.586. The number of nitriles is 1. The zero-order valence-electron chi connectivity index (χ0n) is 18.6. The Morgan fingerprint density at radius 1 is 1.14 bits per heavy atom. The predicted molar refractivity (Wildman–Crippen MR) is 118 cm³/mol. The van der Waals surface area contributed by atoms with Gasteiger partial charge in [0.2, 0.25) is 0 Å². The zero-order chi connectivity index (χ0) is 25.3. The number of benzene rings is 2. The van der Waals surface area contributed by atoms with Crippen molar-refractivity contribution in [2.75, 3.05) is 18.6 Å². The standard InChI is InChI=1S/C25H20F3N3O4/c1-35-21(33)14-30-23(16-10-8-15(13-29)9-11-16)22-19(6-3-7-20(22)32)31(24(30)34)18-5-2-4-17(12-18)25(26,27)28/h2,4-5,8-12,23H,3,6-7,14H2,1H3. The molecular weight excluding hydrogens is 463 g/mol. The van der Waals surface area contributed by atoms with Gasteiger partial charge >= 0.3 is 18.2 Å². The van der Waals surface area contributed by atoms with Gasteiger partial charge in [0.1, 0.15) is 6.54 Å². The van der Waals surface area contributed by atoms with Crippen molar-refractivity contribution < 1.29 is 32.3 Å². The number of urea groups is 1. The van der Waals surface area contributed by atoms with Gasteiger partial charge in [0.25, 0.3) is 0 Å². The first kappa shape index (κ1) is 24.0. The molecule has 0 saturated carbocycles. The molecule has 10 heteroatoms. The molecule has 2 aromatic rings. The Labute approximate surface area is 199 Å². The molecule has 1 unspecified atom stereocenters. The molecule has 1 aliphatic carbocycles. The maximum absolute atomic E-state index is 13.8. The Hall–Kier alpha value is -4.13. The van der Waals surface area contributed by atoms with E-state index < -0.39 is 36.3 Å². The second-order valence-electron chi connectivity index (χ2n) is 8.14. The number of alkyl halides is 3. The number of ketones is 1. The van der Waals surface area contributed by atoms with Crippen LogP contribution in [0.2, 0.25) is 0 Å². The normalized spacial score (nSPS) is 18.3. The number of rotatable bonds is 4. The van der Waals surface area contributed by atoms with Crippen molar-refractivity contribution >= 4 is 23.5 Å². The molecule has 1 atom stereocenters. The minimum absolute atomic E-state index is 0.0554. The number of carbonyl (C=O) groups is 3. The molecule has 4 rings (SSSR count). The maximum Gasteiger partial charge on any atom is 0.416 e. The molecule has 180 valence electrons. The van der Waals surface area contributed by atoms with Crippen molar-refractivity contribution in [2.24, 2.45) is 0 Å². The van der Waals surface area contributed by atoms with E-state index in [0.717, 1.165) is 29.0 Å². The predicted octanol–water partition coefficient (Wildman–Crippen LogP) is 4.74. The third-order valence-corrected chi connectivity index (χ3v) is 6.04. The van der Waals surface area contributed by atoms with E-state index in [1.54, 1.807) is 12.1 Å². The lowest BCUT2D eigenvalue weighted by atomic mass is 9.83. The lowest BCUT2D eigenvalue weighted by molar-refractivity contribution is -0.141. The minimum Gasteiger partial charge on any atom is -0.468 e. The number of carbonyl (C=O) groups excluding carboxylic acids is 3. The van der Waals surface area contributed by atoms with Crippen molar-refractivity contribution in [1.82, 2.24) is 4.90 Å². The van der Waals surface area contributed by atoms with Crippen LogP contribution in [0, 0.1) is 11.3 Å². The van der Waals surface area contributed by atoms with Crippen LogP contribution in [0.5, 0.6) is 0 Å². The highest BCUT2D eigenvalue weighted by Gasteiger charge is 2.45. The molecule has 0 fully saturated rings. The fourth-order valence-corrected chi connectivity index (χ4v) is 4.44. The first-order valence-corrected chi connectivity index (χ1v) is 10.8. The van der Waals surface area contributed by atoms with Crippen LogP contribution in [-0.4, -0.2) is 36.3 Å². The van der Waals surface area contributed by atoms with Crippen LogP contribution in [0.1, 0.15) is 42.0 Å².